The van der Waals surface area contributed by atoms with Crippen LogP contribution in [0.3, 0.4) is 0 Å². The molecule has 0 fully saturated rings. The highest BCUT2D eigenvalue weighted by Gasteiger charge is 2.34. The standard InChI is InChI=1S/C21H24N2O2S/c1-15(2)23(14-18-8-6-5-7-9-18)21-17(4)20(26(24,25)22-21)19-12-10-16(3)11-13-19/h5-13,15H,14H2,1-4H3. The van der Waals surface area contributed by atoms with E-state index >= 15 is 0 Å². The van der Waals surface area contributed by atoms with E-state index in [9.17, 15) is 8.42 Å². The van der Waals surface area contributed by atoms with E-state index in [1.807, 2.05) is 73.3 Å². The van der Waals surface area contributed by atoms with Gasteiger partial charge in [-0.2, -0.15) is 8.42 Å². The zero-order valence-electron chi connectivity index (χ0n) is 15.6. The highest BCUT2D eigenvalue weighted by molar-refractivity contribution is 8.00. The number of benzene rings is 2. The van der Waals surface area contributed by atoms with Gasteiger partial charge in [0.1, 0.15) is 10.7 Å². The van der Waals surface area contributed by atoms with Crippen molar-refractivity contribution in [2.24, 2.45) is 4.40 Å². The van der Waals surface area contributed by atoms with Crippen LogP contribution in [-0.2, 0) is 16.6 Å². The Hall–Kier alpha value is -2.40. The van der Waals surface area contributed by atoms with Crippen molar-refractivity contribution >= 4 is 20.8 Å². The highest BCUT2D eigenvalue weighted by Crippen LogP contribution is 2.34. The number of hydrogen-bond donors (Lipinski definition) is 0. The third-order valence-corrected chi connectivity index (χ3v) is 6.02. The minimum Gasteiger partial charge on any atom is -0.349 e. The first-order valence-corrected chi connectivity index (χ1v) is 10.2. The molecule has 0 amide bonds. The topological polar surface area (TPSA) is 49.7 Å². The SMILES string of the molecule is CC1=C(c2ccc(C)cc2)S(=O)(=O)N=C1N(Cc1ccccc1)C(C)C. The molecule has 0 spiro atoms. The molecule has 2 aromatic rings. The first-order chi connectivity index (χ1) is 12.3. The molecule has 26 heavy (non-hydrogen) atoms. The van der Waals surface area contributed by atoms with Crippen LogP contribution >= 0.6 is 0 Å². The molecule has 0 aliphatic carbocycles. The fourth-order valence-electron chi connectivity index (χ4n) is 3.14. The minimum absolute atomic E-state index is 0.122. The summed E-state index contributed by atoms with van der Waals surface area (Å²) in [7, 11) is -3.70. The maximum absolute atomic E-state index is 12.8. The van der Waals surface area contributed by atoms with E-state index < -0.39 is 10.0 Å². The Balaban J connectivity index is 2.04. The molecular weight excluding hydrogens is 344 g/mol. The van der Waals surface area contributed by atoms with E-state index in [4.69, 9.17) is 0 Å². The Labute approximate surface area is 155 Å². The largest absolute Gasteiger partial charge is 0.349 e. The third-order valence-electron chi connectivity index (χ3n) is 4.55. The van der Waals surface area contributed by atoms with Gasteiger partial charge in [0.25, 0.3) is 10.0 Å². The van der Waals surface area contributed by atoms with Crippen molar-refractivity contribution in [1.29, 1.82) is 0 Å². The molecule has 1 heterocycles. The van der Waals surface area contributed by atoms with E-state index in [-0.39, 0.29) is 6.04 Å². The van der Waals surface area contributed by atoms with Crippen molar-refractivity contribution in [2.75, 3.05) is 0 Å². The summed E-state index contributed by atoms with van der Waals surface area (Å²) in [6.07, 6.45) is 0. The van der Waals surface area contributed by atoms with Crippen LogP contribution in [-0.4, -0.2) is 25.2 Å². The molecular formula is C21H24N2O2S. The van der Waals surface area contributed by atoms with Gasteiger partial charge in [-0.25, -0.2) is 0 Å². The van der Waals surface area contributed by atoms with Gasteiger partial charge in [-0.15, -0.1) is 4.40 Å². The average molecular weight is 369 g/mol. The lowest BCUT2D eigenvalue weighted by Gasteiger charge is -2.29. The van der Waals surface area contributed by atoms with Crippen LogP contribution in [0.1, 0.15) is 37.5 Å². The van der Waals surface area contributed by atoms with Crippen molar-refractivity contribution < 1.29 is 8.42 Å². The monoisotopic (exact) mass is 368 g/mol. The quantitative estimate of drug-likeness (QED) is 0.805. The molecule has 2 aromatic carbocycles. The first kappa shape index (κ1) is 18.4. The van der Waals surface area contributed by atoms with Crippen LogP contribution in [0.2, 0.25) is 0 Å². The number of rotatable bonds is 4. The summed E-state index contributed by atoms with van der Waals surface area (Å²) in [4.78, 5) is 2.36. The van der Waals surface area contributed by atoms with Crippen molar-refractivity contribution in [3.05, 3.63) is 76.9 Å². The van der Waals surface area contributed by atoms with E-state index in [1.165, 1.54) is 0 Å². The summed E-state index contributed by atoms with van der Waals surface area (Å²) in [6.45, 7) is 8.55. The zero-order chi connectivity index (χ0) is 18.9. The molecule has 0 radical (unpaired) electrons. The summed E-state index contributed by atoms with van der Waals surface area (Å²) < 4.78 is 29.7. The number of amidine groups is 1. The third kappa shape index (κ3) is 3.58. The Morgan fingerprint density at radius 3 is 2.15 bits per heavy atom. The summed E-state index contributed by atoms with van der Waals surface area (Å²) in [6, 6.07) is 17.7. The summed E-state index contributed by atoms with van der Waals surface area (Å²) in [5.41, 5.74) is 3.61. The molecule has 0 aromatic heterocycles. The fourth-order valence-corrected chi connectivity index (χ4v) is 4.62. The van der Waals surface area contributed by atoms with Gasteiger partial charge >= 0.3 is 0 Å². The van der Waals surface area contributed by atoms with Crippen LogP contribution < -0.4 is 0 Å². The summed E-state index contributed by atoms with van der Waals surface area (Å²) >= 11 is 0. The molecule has 0 saturated carbocycles. The van der Waals surface area contributed by atoms with E-state index in [0.717, 1.165) is 11.1 Å². The molecule has 136 valence electrons. The lowest BCUT2D eigenvalue weighted by molar-refractivity contribution is 0.344. The minimum atomic E-state index is -3.70. The molecule has 1 aliphatic heterocycles. The predicted molar refractivity (Wildman–Crippen MR) is 107 cm³/mol. The molecule has 0 saturated heterocycles. The van der Waals surface area contributed by atoms with Crippen molar-refractivity contribution in [3.8, 4) is 0 Å². The van der Waals surface area contributed by atoms with Gasteiger partial charge in [0.2, 0.25) is 0 Å². The van der Waals surface area contributed by atoms with Crippen molar-refractivity contribution in [2.45, 2.75) is 40.3 Å². The van der Waals surface area contributed by atoms with Gasteiger partial charge in [-0.3, -0.25) is 0 Å². The van der Waals surface area contributed by atoms with Crippen molar-refractivity contribution in [3.63, 3.8) is 0 Å². The first-order valence-electron chi connectivity index (χ1n) is 8.73. The average Bonchev–Trinajstić information content (AvgIpc) is 2.83. The maximum atomic E-state index is 12.8. The number of aryl methyl sites for hydroxylation is 1. The number of hydrogen-bond acceptors (Lipinski definition) is 3. The lowest BCUT2D eigenvalue weighted by atomic mass is 10.1. The van der Waals surface area contributed by atoms with Gasteiger partial charge in [0.15, 0.2) is 0 Å². The van der Waals surface area contributed by atoms with Gasteiger partial charge in [-0.05, 0) is 38.8 Å². The Kier molecular flexibility index (Phi) is 5.01. The molecule has 4 nitrogen and oxygen atoms in total. The van der Waals surface area contributed by atoms with Gasteiger partial charge in [0.05, 0.1) is 0 Å². The second-order valence-electron chi connectivity index (χ2n) is 6.92. The zero-order valence-corrected chi connectivity index (χ0v) is 16.4. The Bertz CT molecular complexity index is 957. The van der Waals surface area contributed by atoms with Crippen molar-refractivity contribution in [1.82, 2.24) is 4.90 Å². The number of sulfonamides is 1. The van der Waals surface area contributed by atoms with E-state index in [1.54, 1.807) is 0 Å². The van der Waals surface area contributed by atoms with Gasteiger partial charge in [-0.1, -0.05) is 60.2 Å². The van der Waals surface area contributed by atoms with Gasteiger partial charge < -0.3 is 4.90 Å². The molecule has 0 N–H and O–H groups in total. The molecule has 1 aliphatic rings. The second-order valence-corrected chi connectivity index (χ2v) is 8.46. The summed E-state index contributed by atoms with van der Waals surface area (Å²) in [5.74, 6) is 0.541. The molecule has 0 unspecified atom stereocenters. The Morgan fingerprint density at radius 1 is 0.962 bits per heavy atom. The normalized spacial score (nSPS) is 16.1. The fraction of sp³-hybridized carbons (Fsp3) is 0.286. The van der Waals surface area contributed by atoms with Crippen LogP contribution in [0.4, 0.5) is 0 Å². The smallest absolute Gasteiger partial charge is 0.285 e. The summed E-state index contributed by atoms with van der Waals surface area (Å²) in [5, 5.41) is 0. The number of nitrogens with zero attached hydrogens (tertiary/aromatic N) is 2. The molecule has 3 rings (SSSR count). The highest BCUT2D eigenvalue weighted by atomic mass is 32.2. The lowest BCUT2D eigenvalue weighted by Crippen LogP contribution is -2.36. The maximum Gasteiger partial charge on any atom is 0.285 e. The van der Waals surface area contributed by atoms with Crippen LogP contribution in [0.5, 0.6) is 0 Å². The van der Waals surface area contributed by atoms with Gasteiger partial charge in [0, 0.05) is 18.2 Å². The van der Waals surface area contributed by atoms with Crippen LogP contribution in [0.25, 0.3) is 4.91 Å². The molecule has 5 heteroatoms. The van der Waals surface area contributed by atoms with E-state index in [0.29, 0.717) is 28.4 Å². The Morgan fingerprint density at radius 2 is 1.58 bits per heavy atom. The molecule has 0 atom stereocenters. The second kappa shape index (κ2) is 7.08. The van der Waals surface area contributed by atoms with Crippen LogP contribution in [0.15, 0.2) is 64.6 Å². The molecule has 0 bridgehead atoms. The van der Waals surface area contributed by atoms with Crippen LogP contribution in [0, 0.1) is 6.92 Å². The van der Waals surface area contributed by atoms with E-state index in [2.05, 4.69) is 18.2 Å². The predicted octanol–water partition coefficient (Wildman–Crippen LogP) is 4.38.